The Morgan fingerprint density at radius 1 is 1.17 bits per heavy atom. The molecule has 2 aromatic carbocycles. The van der Waals surface area contributed by atoms with Gasteiger partial charge in [-0.15, -0.1) is 0 Å². The van der Waals surface area contributed by atoms with Crippen molar-refractivity contribution in [3.8, 4) is 17.6 Å². The van der Waals surface area contributed by atoms with Crippen molar-refractivity contribution >= 4 is 11.6 Å². The molecule has 2 nitrogen and oxygen atoms in total. The van der Waals surface area contributed by atoms with Crippen LogP contribution in [-0.4, -0.2) is 6.18 Å². The zero-order valence-electron chi connectivity index (χ0n) is 15.7. The molecule has 1 saturated carbocycles. The zero-order chi connectivity index (χ0) is 21.4. The van der Waals surface area contributed by atoms with Crippen molar-refractivity contribution in [1.82, 2.24) is 0 Å². The average Bonchev–Trinajstić information content (AvgIpc) is 3.17. The van der Waals surface area contributed by atoms with Gasteiger partial charge in [-0.1, -0.05) is 43.7 Å². The maximum absolute atomic E-state index is 13.0. The Labute approximate surface area is 171 Å². The van der Waals surface area contributed by atoms with Crippen LogP contribution in [0.4, 0.5) is 17.6 Å². The van der Waals surface area contributed by atoms with Gasteiger partial charge in [0.05, 0.1) is 12.0 Å². The maximum atomic E-state index is 13.0. The van der Waals surface area contributed by atoms with Crippen LogP contribution in [0.15, 0.2) is 59.6 Å². The van der Waals surface area contributed by atoms with Gasteiger partial charge in [0.25, 0.3) is 0 Å². The predicted octanol–water partition coefficient (Wildman–Crippen LogP) is 7.18. The van der Waals surface area contributed by atoms with E-state index in [1.54, 1.807) is 24.3 Å². The molecule has 1 aliphatic rings. The molecular formula is C22H18ClF4NO. The molecule has 29 heavy (non-hydrogen) atoms. The van der Waals surface area contributed by atoms with Crippen molar-refractivity contribution in [2.45, 2.75) is 25.9 Å². The van der Waals surface area contributed by atoms with Crippen LogP contribution in [0.5, 0.6) is 11.5 Å². The number of alkyl halides is 3. The lowest BCUT2D eigenvalue weighted by atomic mass is 9.91. The highest BCUT2D eigenvalue weighted by Crippen LogP contribution is 2.65. The van der Waals surface area contributed by atoms with Crippen molar-refractivity contribution in [3.63, 3.8) is 0 Å². The number of nitrogens with zero attached hydrogens (tertiary/aromatic N) is 1. The SMILES string of the molecule is CC1(C)C(C=C(Cl)C(F)(F)F)C1C(C#N)c1cccc(Oc2ccc(F)cc2)c1. The quantitative estimate of drug-likeness (QED) is 0.477. The van der Waals surface area contributed by atoms with E-state index in [9.17, 15) is 22.8 Å². The number of ether oxygens (including phenoxy) is 1. The molecule has 0 saturated heterocycles. The van der Waals surface area contributed by atoms with Crippen LogP contribution in [0.3, 0.4) is 0 Å². The molecule has 2 aromatic rings. The summed E-state index contributed by atoms with van der Waals surface area (Å²) in [6, 6.07) is 14.5. The van der Waals surface area contributed by atoms with E-state index >= 15 is 0 Å². The van der Waals surface area contributed by atoms with Crippen LogP contribution >= 0.6 is 11.6 Å². The van der Waals surface area contributed by atoms with E-state index in [4.69, 9.17) is 16.3 Å². The number of hydrogen-bond acceptors (Lipinski definition) is 2. The first-order chi connectivity index (χ1) is 13.5. The van der Waals surface area contributed by atoms with Crippen molar-refractivity contribution in [2.75, 3.05) is 0 Å². The molecule has 1 fully saturated rings. The maximum Gasteiger partial charge on any atom is 0.426 e. The molecule has 0 amide bonds. The molecule has 0 radical (unpaired) electrons. The molecule has 0 heterocycles. The van der Waals surface area contributed by atoms with E-state index < -0.39 is 28.5 Å². The summed E-state index contributed by atoms with van der Waals surface area (Å²) in [6.07, 6.45) is -3.59. The summed E-state index contributed by atoms with van der Waals surface area (Å²) in [4.78, 5) is 0. The van der Waals surface area contributed by atoms with Gasteiger partial charge in [-0.2, -0.15) is 18.4 Å². The van der Waals surface area contributed by atoms with Crippen LogP contribution in [0.1, 0.15) is 25.3 Å². The lowest BCUT2D eigenvalue weighted by molar-refractivity contribution is -0.0848. The van der Waals surface area contributed by atoms with Gasteiger partial charge in [0, 0.05) is 0 Å². The van der Waals surface area contributed by atoms with Gasteiger partial charge in [-0.05, 0) is 59.2 Å². The number of hydrogen-bond donors (Lipinski definition) is 0. The highest BCUT2D eigenvalue weighted by atomic mass is 35.5. The Morgan fingerprint density at radius 3 is 2.41 bits per heavy atom. The van der Waals surface area contributed by atoms with E-state index in [0.717, 1.165) is 6.08 Å². The second-order valence-corrected chi connectivity index (χ2v) is 8.03. The van der Waals surface area contributed by atoms with Gasteiger partial charge in [0.2, 0.25) is 0 Å². The second kappa shape index (κ2) is 7.72. The van der Waals surface area contributed by atoms with E-state index in [2.05, 4.69) is 6.07 Å². The molecule has 3 rings (SSSR count). The van der Waals surface area contributed by atoms with Crippen molar-refractivity contribution in [3.05, 3.63) is 71.0 Å². The van der Waals surface area contributed by atoms with Crippen LogP contribution < -0.4 is 4.74 Å². The monoisotopic (exact) mass is 423 g/mol. The summed E-state index contributed by atoms with van der Waals surface area (Å²) in [7, 11) is 0. The predicted molar refractivity (Wildman–Crippen MR) is 102 cm³/mol. The molecule has 3 atom stereocenters. The summed E-state index contributed by atoms with van der Waals surface area (Å²) in [5.74, 6) is -0.911. The Morgan fingerprint density at radius 2 is 1.83 bits per heavy atom. The summed E-state index contributed by atoms with van der Waals surface area (Å²) in [5, 5.41) is 8.57. The molecular weight excluding hydrogens is 406 g/mol. The van der Waals surface area contributed by atoms with Crippen LogP contribution in [0.2, 0.25) is 0 Å². The fourth-order valence-corrected chi connectivity index (χ4v) is 3.83. The standard InChI is InChI=1S/C22H18ClF4NO/c1-21(2)18(11-19(23)22(25,26)27)20(21)17(12-28)13-4-3-5-16(10-13)29-15-8-6-14(24)7-9-15/h3-11,17-18,20H,1-2H3. The Hall–Kier alpha value is -2.52. The van der Waals surface area contributed by atoms with Crippen LogP contribution in [0.25, 0.3) is 0 Å². The van der Waals surface area contributed by atoms with Crippen molar-refractivity contribution < 1.29 is 22.3 Å². The normalized spacial score (nSPS) is 21.9. The highest BCUT2D eigenvalue weighted by Gasteiger charge is 2.60. The Kier molecular flexibility index (Phi) is 5.64. The molecule has 1 aliphatic carbocycles. The molecule has 7 heteroatoms. The van der Waals surface area contributed by atoms with Gasteiger partial charge in [-0.3, -0.25) is 0 Å². The van der Waals surface area contributed by atoms with Gasteiger partial charge in [0.15, 0.2) is 0 Å². The van der Waals surface area contributed by atoms with Gasteiger partial charge >= 0.3 is 6.18 Å². The largest absolute Gasteiger partial charge is 0.457 e. The molecule has 0 aliphatic heterocycles. The fraction of sp³-hybridized carbons (Fsp3) is 0.318. The summed E-state index contributed by atoms with van der Waals surface area (Å²) in [5.41, 5.74) is 0.142. The third kappa shape index (κ3) is 4.56. The van der Waals surface area contributed by atoms with E-state index in [0.29, 0.717) is 17.1 Å². The topological polar surface area (TPSA) is 33.0 Å². The molecule has 0 spiro atoms. The molecule has 3 unspecified atom stereocenters. The lowest BCUT2D eigenvalue weighted by Gasteiger charge is -2.13. The Balaban J connectivity index is 1.84. The van der Waals surface area contributed by atoms with Crippen molar-refractivity contribution in [1.29, 1.82) is 5.26 Å². The third-order valence-electron chi connectivity index (χ3n) is 5.36. The number of benzene rings is 2. The average molecular weight is 424 g/mol. The number of halogens is 5. The van der Waals surface area contributed by atoms with Gasteiger partial charge < -0.3 is 4.74 Å². The third-order valence-corrected chi connectivity index (χ3v) is 5.70. The molecule has 0 N–H and O–H groups in total. The van der Waals surface area contributed by atoms with E-state index in [1.165, 1.54) is 24.3 Å². The lowest BCUT2D eigenvalue weighted by Crippen LogP contribution is -2.07. The minimum Gasteiger partial charge on any atom is -0.457 e. The van der Waals surface area contributed by atoms with Crippen molar-refractivity contribution in [2.24, 2.45) is 17.3 Å². The first-order valence-electron chi connectivity index (χ1n) is 8.91. The number of rotatable bonds is 5. The van der Waals surface area contributed by atoms with Gasteiger partial charge in [0.1, 0.15) is 22.3 Å². The molecule has 0 bridgehead atoms. The minimum atomic E-state index is -4.60. The minimum absolute atomic E-state index is 0.315. The molecule has 152 valence electrons. The first-order valence-corrected chi connectivity index (χ1v) is 9.29. The number of nitriles is 1. The second-order valence-electron chi connectivity index (χ2n) is 7.62. The number of allylic oxidation sites excluding steroid dienone is 2. The highest BCUT2D eigenvalue weighted by molar-refractivity contribution is 6.30. The van der Waals surface area contributed by atoms with Gasteiger partial charge in [-0.25, -0.2) is 4.39 Å². The van der Waals surface area contributed by atoms with Crippen LogP contribution in [-0.2, 0) is 0 Å². The zero-order valence-corrected chi connectivity index (χ0v) is 16.4. The first kappa shape index (κ1) is 21.2. The van der Waals surface area contributed by atoms with E-state index in [1.807, 2.05) is 13.8 Å². The summed E-state index contributed by atoms with van der Waals surface area (Å²) >= 11 is 5.41. The smallest absolute Gasteiger partial charge is 0.426 e. The molecule has 0 aromatic heterocycles. The fourth-order valence-electron chi connectivity index (χ4n) is 3.70. The summed E-state index contributed by atoms with van der Waals surface area (Å²) < 4.78 is 57.1. The summed E-state index contributed by atoms with van der Waals surface area (Å²) in [6.45, 7) is 3.64. The van der Waals surface area contributed by atoms with E-state index in [-0.39, 0.29) is 11.7 Å². The Bertz CT molecular complexity index is 960. The van der Waals surface area contributed by atoms with Crippen LogP contribution in [0, 0.1) is 34.4 Å².